The summed E-state index contributed by atoms with van der Waals surface area (Å²) in [6.07, 6.45) is 5.50. The minimum absolute atomic E-state index is 0.182. The van der Waals surface area contributed by atoms with Gasteiger partial charge in [0.2, 0.25) is 0 Å². The van der Waals surface area contributed by atoms with Crippen molar-refractivity contribution in [3.63, 3.8) is 0 Å². The molecule has 108 valence electrons. The second-order valence-corrected chi connectivity index (χ2v) is 6.95. The Morgan fingerprint density at radius 3 is 1.60 bits per heavy atom. The number of pyridine rings is 2. The molecular formula is C18H26N2. The van der Waals surface area contributed by atoms with E-state index in [-0.39, 0.29) is 10.8 Å². The van der Waals surface area contributed by atoms with E-state index in [1.807, 2.05) is 30.7 Å². The molecule has 0 N–H and O–H groups in total. The van der Waals surface area contributed by atoms with Crippen molar-refractivity contribution in [2.45, 2.75) is 52.4 Å². The standard InChI is InChI=1S/2C9H13N/c1-9(2,3)8-4-6-10-7-5-8;1-9(2,3)8-6-4-5-7-10-8/h2*4-7H,1-3H3. The fourth-order valence-electron chi connectivity index (χ4n) is 1.66. The maximum absolute atomic E-state index is 4.25. The zero-order valence-electron chi connectivity index (χ0n) is 13.5. The molecule has 0 amide bonds. The number of rotatable bonds is 0. The predicted molar refractivity (Wildman–Crippen MR) is 85.9 cm³/mol. The van der Waals surface area contributed by atoms with Gasteiger partial charge in [-0.2, -0.15) is 0 Å². The summed E-state index contributed by atoms with van der Waals surface area (Å²) in [6, 6.07) is 10.1. The quantitative estimate of drug-likeness (QED) is 0.690. The molecular weight excluding hydrogens is 244 g/mol. The summed E-state index contributed by atoms with van der Waals surface area (Å²) >= 11 is 0. The topological polar surface area (TPSA) is 25.8 Å². The second-order valence-electron chi connectivity index (χ2n) is 6.95. The fraction of sp³-hybridized carbons (Fsp3) is 0.444. The molecule has 0 atom stereocenters. The molecule has 2 aromatic rings. The molecule has 2 nitrogen and oxygen atoms in total. The van der Waals surface area contributed by atoms with E-state index in [0.717, 1.165) is 5.69 Å². The van der Waals surface area contributed by atoms with E-state index in [4.69, 9.17) is 0 Å². The Bertz CT molecular complexity index is 441. The Morgan fingerprint density at radius 1 is 0.700 bits per heavy atom. The van der Waals surface area contributed by atoms with E-state index in [1.54, 1.807) is 0 Å². The Labute approximate surface area is 123 Å². The van der Waals surface area contributed by atoms with E-state index in [9.17, 15) is 0 Å². The lowest BCUT2D eigenvalue weighted by atomic mass is 9.88. The predicted octanol–water partition coefficient (Wildman–Crippen LogP) is 4.76. The van der Waals surface area contributed by atoms with E-state index in [2.05, 4.69) is 69.7 Å². The van der Waals surface area contributed by atoms with Gasteiger partial charge in [-0.05, 0) is 35.2 Å². The van der Waals surface area contributed by atoms with Crippen LogP contribution in [-0.2, 0) is 10.8 Å². The lowest BCUT2D eigenvalue weighted by Gasteiger charge is -2.17. The Balaban J connectivity index is 0.000000200. The Morgan fingerprint density at radius 2 is 1.30 bits per heavy atom. The zero-order chi connectivity index (χ0) is 15.2. The van der Waals surface area contributed by atoms with Gasteiger partial charge >= 0.3 is 0 Å². The van der Waals surface area contributed by atoms with Gasteiger partial charge in [-0.15, -0.1) is 0 Å². The third-order valence-electron chi connectivity index (χ3n) is 2.98. The molecule has 2 heteroatoms. The molecule has 0 fully saturated rings. The molecule has 0 aliphatic rings. The monoisotopic (exact) mass is 270 g/mol. The Kier molecular flexibility index (Phi) is 5.43. The van der Waals surface area contributed by atoms with Crippen molar-refractivity contribution in [3.8, 4) is 0 Å². The summed E-state index contributed by atoms with van der Waals surface area (Å²) in [5.74, 6) is 0. The van der Waals surface area contributed by atoms with Crippen LogP contribution in [0.1, 0.15) is 52.8 Å². The van der Waals surface area contributed by atoms with Crippen molar-refractivity contribution in [2.75, 3.05) is 0 Å². The highest BCUT2D eigenvalue weighted by Gasteiger charge is 2.13. The SMILES string of the molecule is CC(C)(C)c1ccccn1.CC(C)(C)c1ccncc1. The van der Waals surface area contributed by atoms with Crippen LogP contribution in [0.25, 0.3) is 0 Å². The van der Waals surface area contributed by atoms with Crippen molar-refractivity contribution in [3.05, 3.63) is 60.2 Å². The third-order valence-corrected chi connectivity index (χ3v) is 2.98. The van der Waals surface area contributed by atoms with Crippen LogP contribution in [0.15, 0.2) is 48.9 Å². The first-order chi connectivity index (χ1) is 9.21. The summed E-state index contributed by atoms with van der Waals surface area (Å²) in [4.78, 5) is 8.21. The molecule has 0 radical (unpaired) electrons. The van der Waals surface area contributed by atoms with Crippen LogP contribution in [0.3, 0.4) is 0 Å². The maximum atomic E-state index is 4.25. The number of hydrogen-bond donors (Lipinski definition) is 0. The highest BCUT2D eigenvalue weighted by atomic mass is 14.7. The highest BCUT2D eigenvalue weighted by molar-refractivity contribution is 5.18. The molecule has 0 unspecified atom stereocenters. The van der Waals surface area contributed by atoms with Crippen LogP contribution in [0.5, 0.6) is 0 Å². The molecule has 2 rings (SSSR count). The van der Waals surface area contributed by atoms with Crippen molar-refractivity contribution in [1.82, 2.24) is 9.97 Å². The van der Waals surface area contributed by atoms with E-state index in [1.165, 1.54) is 5.56 Å². The first-order valence-corrected chi connectivity index (χ1v) is 7.03. The van der Waals surface area contributed by atoms with Gasteiger partial charge in [0.1, 0.15) is 0 Å². The average molecular weight is 270 g/mol. The van der Waals surface area contributed by atoms with Crippen LogP contribution in [0.4, 0.5) is 0 Å². The molecule has 0 aromatic carbocycles. The molecule has 2 heterocycles. The zero-order valence-corrected chi connectivity index (χ0v) is 13.5. The van der Waals surface area contributed by atoms with Crippen LogP contribution in [-0.4, -0.2) is 9.97 Å². The fourth-order valence-corrected chi connectivity index (χ4v) is 1.66. The molecule has 0 saturated heterocycles. The summed E-state index contributed by atoms with van der Waals surface area (Å²) < 4.78 is 0. The van der Waals surface area contributed by atoms with E-state index >= 15 is 0 Å². The molecule has 0 bridgehead atoms. The average Bonchev–Trinajstić information content (AvgIpc) is 2.40. The van der Waals surface area contributed by atoms with Gasteiger partial charge in [-0.25, -0.2) is 0 Å². The highest BCUT2D eigenvalue weighted by Crippen LogP contribution is 2.20. The maximum Gasteiger partial charge on any atom is 0.0457 e. The Hall–Kier alpha value is -1.70. The molecule has 0 saturated carbocycles. The van der Waals surface area contributed by atoms with Crippen molar-refractivity contribution in [1.29, 1.82) is 0 Å². The van der Waals surface area contributed by atoms with Gasteiger partial charge in [-0.1, -0.05) is 47.6 Å². The summed E-state index contributed by atoms with van der Waals surface area (Å²) in [5, 5.41) is 0. The van der Waals surface area contributed by atoms with Gasteiger partial charge in [0.05, 0.1) is 0 Å². The third kappa shape index (κ3) is 5.52. The van der Waals surface area contributed by atoms with Crippen molar-refractivity contribution < 1.29 is 0 Å². The van der Waals surface area contributed by atoms with Crippen LogP contribution in [0, 0.1) is 0 Å². The lowest BCUT2D eigenvalue weighted by Crippen LogP contribution is -2.12. The first kappa shape index (κ1) is 16.4. The number of nitrogens with zero attached hydrogens (tertiary/aromatic N) is 2. The minimum Gasteiger partial charge on any atom is -0.265 e. The first-order valence-electron chi connectivity index (χ1n) is 7.03. The lowest BCUT2D eigenvalue weighted by molar-refractivity contribution is 0.569. The molecule has 20 heavy (non-hydrogen) atoms. The normalized spacial score (nSPS) is 11.5. The van der Waals surface area contributed by atoms with Crippen LogP contribution < -0.4 is 0 Å². The van der Waals surface area contributed by atoms with Gasteiger partial charge in [0.25, 0.3) is 0 Å². The van der Waals surface area contributed by atoms with Gasteiger partial charge in [-0.3, -0.25) is 9.97 Å². The number of aromatic nitrogens is 2. The van der Waals surface area contributed by atoms with Crippen LogP contribution >= 0.6 is 0 Å². The molecule has 0 spiro atoms. The van der Waals surface area contributed by atoms with E-state index in [0.29, 0.717) is 0 Å². The van der Waals surface area contributed by atoms with Crippen LogP contribution in [0.2, 0.25) is 0 Å². The second kappa shape index (κ2) is 6.65. The molecule has 0 aliphatic carbocycles. The number of hydrogen-bond acceptors (Lipinski definition) is 2. The van der Waals surface area contributed by atoms with Crippen molar-refractivity contribution >= 4 is 0 Å². The smallest absolute Gasteiger partial charge is 0.0457 e. The molecule has 2 aromatic heterocycles. The van der Waals surface area contributed by atoms with E-state index < -0.39 is 0 Å². The van der Waals surface area contributed by atoms with Gasteiger partial charge in [0, 0.05) is 29.7 Å². The minimum atomic E-state index is 0.182. The van der Waals surface area contributed by atoms with Crippen molar-refractivity contribution in [2.24, 2.45) is 0 Å². The van der Waals surface area contributed by atoms with Gasteiger partial charge in [0.15, 0.2) is 0 Å². The molecule has 0 aliphatic heterocycles. The summed E-state index contributed by atoms with van der Waals surface area (Å²) in [7, 11) is 0. The summed E-state index contributed by atoms with van der Waals surface area (Å²) in [5.41, 5.74) is 2.92. The van der Waals surface area contributed by atoms with Gasteiger partial charge < -0.3 is 0 Å². The largest absolute Gasteiger partial charge is 0.265 e. The summed E-state index contributed by atoms with van der Waals surface area (Å²) in [6.45, 7) is 13.1.